The molecule has 1 fully saturated rings. The number of nitrogens with one attached hydrogen (secondary N) is 1. The Hall–Kier alpha value is -1.64. The van der Waals surface area contributed by atoms with Gasteiger partial charge in [0.1, 0.15) is 5.82 Å². The maximum atomic E-state index is 4.64. The predicted octanol–water partition coefficient (Wildman–Crippen LogP) is 3.87. The molecule has 0 radical (unpaired) electrons. The number of aromatic nitrogens is 2. The quantitative estimate of drug-likeness (QED) is 0.885. The first-order chi connectivity index (χ1) is 9.22. The van der Waals surface area contributed by atoms with Crippen LogP contribution in [0.1, 0.15) is 33.1 Å². The predicted molar refractivity (Wildman–Crippen MR) is 79.1 cm³/mol. The Labute approximate surface area is 114 Å². The lowest BCUT2D eigenvalue weighted by atomic mass is 9.79. The number of hydrogen-bond acceptors (Lipinski definition) is 3. The Kier molecular flexibility index (Phi) is 3.36. The Bertz CT molecular complexity index is 567. The molecule has 0 amide bonds. The summed E-state index contributed by atoms with van der Waals surface area (Å²) < 4.78 is 0. The highest BCUT2D eigenvalue weighted by molar-refractivity contribution is 5.75. The van der Waals surface area contributed by atoms with Gasteiger partial charge in [-0.05, 0) is 43.2 Å². The second-order valence-electron chi connectivity index (χ2n) is 5.85. The summed E-state index contributed by atoms with van der Waals surface area (Å²) in [6.07, 6.45) is 5.63. The zero-order valence-electron chi connectivity index (χ0n) is 11.6. The van der Waals surface area contributed by atoms with Gasteiger partial charge in [0, 0.05) is 6.04 Å². The summed E-state index contributed by atoms with van der Waals surface area (Å²) in [4.78, 5) is 9.10. The molecule has 3 unspecified atom stereocenters. The van der Waals surface area contributed by atoms with Gasteiger partial charge in [0.2, 0.25) is 0 Å². The summed E-state index contributed by atoms with van der Waals surface area (Å²) in [5.74, 6) is 2.55. The molecule has 1 aliphatic rings. The Morgan fingerprint density at radius 2 is 1.84 bits per heavy atom. The van der Waals surface area contributed by atoms with Gasteiger partial charge in [0.05, 0.1) is 17.2 Å². The number of para-hydroxylation sites is 2. The maximum Gasteiger partial charge on any atom is 0.145 e. The Balaban J connectivity index is 1.74. The molecule has 1 saturated carbocycles. The van der Waals surface area contributed by atoms with E-state index in [1.165, 1.54) is 19.3 Å². The van der Waals surface area contributed by atoms with Crippen LogP contribution in [0.2, 0.25) is 0 Å². The molecular weight excluding hydrogens is 234 g/mol. The van der Waals surface area contributed by atoms with Crippen LogP contribution in [-0.4, -0.2) is 16.0 Å². The van der Waals surface area contributed by atoms with Crippen molar-refractivity contribution in [1.29, 1.82) is 0 Å². The molecule has 1 aromatic carbocycles. The fourth-order valence-corrected chi connectivity index (χ4v) is 2.91. The lowest BCUT2D eigenvalue weighted by molar-refractivity contribution is 0.260. The lowest BCUT2D eigenvalue weighted by Crippen LogP contribution is -2.30. The van der Waals surface area contributed by atoms with Gasteiger partial charge in [-0.2, -0.15) is 0 Å². The summed E-state index contributed by atoms with van der Waals surface area (Å²) in [6, 6.07) is 8.55. The van der Waals surface area contributed by atoms with Gasteiger partial charge in [0.15, 0.2) is 0 Å². The Morgan fingerprint density at radius 3 is 2.63 bits per heavy atom. The average molecular weight is 255 g/mol. The van der Waals surface area contributed by atoms with Crippen molar-refractivity contribution in [2.24, 2.45) is 11.8 Å². The minimum atomic E-state index is 0.543. The number of nitrogens with zero attached hydrogens (tertiary/aromatic N) is 2. The minimum absolute atomic E-state index is 0.543. The molecule has 0 aliphatic heterocycles. The number of benzene rings is 1. The van der Waals surface area contributed by atoms with Crippen molar-refractivity contribution in [3.05, 3.63) is 30.5 Å². The van der Waals surface area contributed by atoms with Crippen molar-refractivity contribution in [3.63, 3.8) is 0 Å². The molecule has 1 aliphatic carbocycles. The van der Waals surface area contributed by atoms with Gasteiger partial charge >= 0.3 is 0 Å². The van der Waals surface area contributed by atoms with E-state index in [9.17, 15) is 0 Å². The molecule has 0 saturated heterocycles. The molecule has 2 aromatic rings. The van der Waals surface area contributed by atoms with Gasteiger partial charge < -0.3 is 5.32 Å². The monoisotopic (exact) mass is 255 g/mol. The van der Waals surface area contributed by atoms with E-state index in [-0.39, 0.29) is 0 Å². The average Bonchev–Trinajstić information content (AvgIpc) is 2.43. The highest BCUT2D eigenvalue weighted by atomic mass is 15.0. The second kappa shape index (κ2) is 5.16. The van der Waals surface area contributed by atoms with Gasteiger partial charge in [0.25, 0.3) is 0 Å². The highest BCUT2D eigenvalue weighted by Crippen LogP contribution is 2.30. The van der Waals surface area contributed by atoms with Crippen molar-refractivity contribution in [2.45, 2.75) is 39.2 Å². The third-order valence-corrected chi connectivity index (χ3v) is 4.40. The largest absolute Gasteiger partial charge is 0.366 e. The summed E-state index contributed by atoms with van der Waals surface area (Å²) in [6.45, 7) is 4.71. The van der Waals surface area contributed by atoms with Gasteiger partial charge in [-0.25, -0.2) is 4.98 Å². The van der Waals surface area contributed by atoms with Crippen molar-refractivity contribution in [1.82, 2.24) is 9.97 Å². The first-order valence-corrected chi connectivity index (χ1v) is 7.20. The summed E-state index contributed by atoms with van der Waals surface area (Å²) >= 11 is 0. The van der Waals surface area contributed by atoms with Crippen molar-refractivity contribution < 1.29 is 0 Å². The van der Waals surface area contributed by atoms with E-state index in [0.717, 1.165) is 28.7 Å². The molecular formula is C16H21N3. The number of hydrogen-bond donors (Lipinski definition) is 1. The topological polar surface area (TPSA) is 37.8 Å². The molecule has 3 atom stereocenters. The van der Waals surface area contributed by atoms with Crippen LogP contribution in [0.4, 0.5) is 5.82 Å². The highest BCUT2D eigenvalue weighted by Gasteiger charge is 2.24. The number of fused-ring (bicyclic) bond motifs is 1. The van der Waals surface area contributed by atoms with E-state index in [2.05, 4.69) is 29.1 Å². The van der Waals surface area contributed by atoms with Crippen LogP contribution >= 0.6 is 0 Å². The molecule has 3 rings (SSSR count). The summed E-state index contributed by atoms with van der Waals surface area (Å²) in [5.41, 5.74) is 1.92. The summed E-state index contributed by atoms with van der Waals surface area (Å²) in [5, 5.41) is 3.55. The summed E-state index contributed by atoms with van der Waals surface area (Å²) in [7, 11) is 0. The van der Waals surface area contributed by atoms with Crippen LogP contribution < -0.4 is 5.32 Å². The molecule has 0 bridgehead atoms. The van der Waals surface area contributed by atoms with Crippen LogP contribution in [0.15, 0.2) is 30.5 Å². The molecule has 0 spiro atoms. The smallest absolute Gasteiger partial charge is 0.145 e. The van der Waals surface area contributed by atoms with Gasteiger partial charge in [-0.1, -0.05) is 26.0 Å². The van der Waals surface area contributed by atoms with E-state index in [1.54, 1.807) is 0 Å². The molecule has 3 nitrogen and oxygen atoms in total. The van der Waals surface area contributed by atoms with Gasteiger partial charge in [-0.15, -0.1) is 0 Å². The number of rotatable bonds is 2. The van der Waals surface area contributed by atoms with Crippen LogP contribution in [0.25, 0.3) is 11.0 Å². The van der Waals surface area contributed by atoms with Crippen LogP contribution in [-0.2, 0) is 0 Å². The van der Waals surface area contributed by atoms with Crippen molar-refractivity contribution >= 4 is 16.9 Å². The van der Waals surface area contributed by atoms with Crippen molar-refractivity contribution in [2.75, 3.05) is 5.32 Å². The molecule has 1 N–H and O–H groups in total. The third kappa shape index (κ3) is 2.70. The lowest BCUT2D eigenvalue weighted by Gasteiger charge is -2.32. The van der Waals surface area contributed by atoms with E-state index in [4.69, 9.17) is 0 Å². The van der Waals surface area contributed by atoms with E-state index < -0.39 is 0 Å². The number of anilines is 1. The van der Waals surface area contributed by atoms with Crippen LogP contribution in [0, 0.1) is 11.8 Å². The zero-order chi connectivity index (χ0) is 13.2. The van der Waals surface area contributed by atoms with Gasteiger partial charge in [-0.3, -0.25) is 4.98 Å². The fraction of sp³-hybridized carbons (Fsp3) is 0.500. The molecule has 100 valence electrons. The van der Waals surface area contributed by atoms with E-state index >= 15 is 0 Å². The Morgan fingerprint density at radius 1 is 1.05 bits per heavy atom. The second-order valence-corrected chi connectivity index (χ2v) is 5.85. The van der Waals surface area contributed by atoms with Crippen molar-refractivity contribution in [3.8, 4) is 0 Å². The molecule has 19 heavy (non-hydrogen) atoms. The standard InChI is InChI=1S/C16H21N3/c1-11-7-8-13(9-12(11)2)18-16-10-17-14-5-3-4-6-15(14)19-16/h3-6,10-13H,7-9H2,1-2H3,(H,18,19). The normalized spacial score (nSPS) is 27.4. The third-order valence-electron chi connectivity index (χ3n) is 4.40. The van der Waals surface area contributed by atoms with Crippen LogP contribution in [0.5, 0.6) is 0 Å². The SMILES string of the molecule is CC1CCC(Nc2cnc3ccccc3n2)CC1C. The first-order valence-electron chi connectivity index (χ1n) is 7.20. The fourth-order valence-electron chi connectivity index (χ4n) is 2.91. The molecule has 3 heteroatoms. The van der Waals surface area contributed by atoms with Crippen LogP contribution in [0.3, 0.4) is 0 Å². The van der Waals surface area contributed by atoms with E-state index in [1.807, 2.05) is 30.5 Å². The van der Waals surface area contributed by atoms with E-state index in [0.29, 0.717) is 6.04 Å². The molecule has 1 heterocycles. The first kappa shape index (κ1) is 12.4. The maximum absolute atomic E-state index is 4.64. The zero-order valence-corrected chi connectivity index (χ0v) is 11.6. The minimum Gasteiger partial charge on any atom is -0.366 e. The molecule has 1 aromatic heterocycles.